The number of hydrogen-bond acceptors (Lipinski definition) is 3. The van der Waals surface area contributed by atoms with Gasteiger partial charge in [-0.25, -0.2) is 13.1 Å². The van der Waals surface area contributed by atoms with E-state index in [1.807, 2.05) is 51.1 Å². The Labute approximate surface area is 149 Å². The minimum absolute atomic E-state index is 0.116. The van der Waals surface area contributed by atoms with Crippen molar-refractivity contribution in [2.24, 2.45) is 0 Å². The first kappa shape index (κ1) is 19.1. The summed E-state index contributed by atoms with van der Waals surface area (Å²) in [5, 5.41) is 2.84. The van der Waals surface area contributed by atoms with E-state index < -0.39 is 15.6 Å². The molecule has 2 aromatic carbocycles. The summed E-state index contributed by atoms with van der Waals surface area (Å²) in [6.07, 6.45) is 0. The van der Waals surface area contributed by atoms with Gasteiger partial charge in [0.15, 0.2) is 0 Å². The lowest BCUT2D eigenvalue weighted by Crippen LogP contribution is -2.40. The number of aryl methyl sites for hydroxylation is 1. The van der Waals surface area contributed by atoms with Gasteiger partial charge in [-0.05, 0) is 51.0 Å². The SMILES string of the molecule is Cc1ccc(C(=O)NC(C)(C)C)cc1S(=O)(=O)NCc1ccccc1. The van der Waals surface area contributed by atoms with Crippen molar-refractivity contribution in [3.8, 4) is 0 Å². The van der Waals surface area contributed by atoms with Gasteiger partial charge in [-0.15, -0.1) is 0 Å². The summed E-state index contributed by atoms with van der Waals surface area (Å²) in [6.45, 7) is 7.53. The Morgan fingerprint density at radius 1 is 1.04 bits per heavy atom. The molecule has 0 radical (unpaired) electrons. The summed E-state index contributed by atoms with van der Waals surface area (Å²) in [5.74, 6) is -0.299. The van der Waals surface area contributed by atoms with Gasteiger partial charge in [-0.1, -0.05) is 36.4 Å². The van der Waals surface area contributed by atoms with E-state index in [0.717, 1.165) is 5.56 Å². The molecule has 6 heteroatoms. The van der Waals surface area contributed by atoms with Crippen LogP contribution in [-0.2, 0) is 16.6 Å². The number of rotatable bonds is 5. The molecule has 0 aromatic heterocycles. The maximum absolute atomic E-state index is 12.6. The van der Waals surface area contributed by atoms with Crippen molar-refractivity contribution in [2.45, 2.75) is 44.7 Å². The largest absolute Gasteiger partial charge is 0.347 e. The molecule has 2 rings (SSSR count). The summed E-state index contributed by atoms with van der Waals surface area (Å²) in [7, 11) is -3.72. The number of benzene rings is 2. The summed E-state index contributed by atoms with van der Waals surface area (Å²) >= 11 is 0. The highest BCUT2D eigenvalue weighted by atomic mass is 32.2. The fraction of sp³-hybridized carbons (Fsp3) is 0.316. The highest BCUT2D eigenvalue weighted by Gasteiger charge is 2.21. The maximum atomic E-state index is 12.6. The zero-order valence-corrected chi connectivity index (χ0v) is 15.8. The van der Waals surface area contributed by atoms with E-state index in [4.69, 9.17) is 0 Å². The Morgan fingerprint density at radius 2 is 1.68 bits per heavy atom. The number of sulfonamides is 1. The molecule has 0 saturated carbocycles. The normalized spacial score (nSPS) is 12.0. The molecule has 0 aliphatic carbocycles. The van der Waals surface area contributed by atoms with Crippen molar-refractivity contribution in [1.82, 2.24) is 10.0 Å². The molecule has 0 aliphatic rings. The molecule has 0 heterocycles. The zero-order valence-electron chi connectivity index (χ0n) is 15.0. The van der Waals surface area contributed by atoms with Crippen LogP contribution in [0.15, 0.2) is 53.4 Å². The number of carbonyl (C=O) groups excluding carboxylic acids is 1. The highest BCUT2D eigenvalue weighted by molar-refractivity contribution is 7.89. The molecule has 2 N–H and O–H groups in total. The van der Waals surface area contributed by atoms with Gasteiger partial charge in [0.1, 0.15) is 0 Å². The lowest BCUT2D eigenvalue weighted by atomic mass is 10.1. The molecule has 2 aromatic rings. The second-order valence-electron chi connectivity index (χ2n) is 6.99. The van der Waals surface area contributed by atoms with Crippen LogP contribution in [0.25, 0.3) is 0 Å². The number of hydrogen-bond donors (Lipinski definition) is 2. The average molecular weight is 360 g/mol. The van der Waals surface area contributed by atoms with Gasteiger partial charge < -0.3 is 5.32 Å². The Bertz CT molecular complexity index is 854. The van der Waals surface area contributed by atoms with E-state index in [9.17, 15) is 13.2 Å². The molecule has 0 aliphatic heterocycles. The molecule has 25 heavy (non-hydrogen) atoms. The summed E-state index contributed by atoms with van der Waals surface area (Å²) in [4.78, 5) is 12.4. The molecule has 0 bridgehead atoms. The average Bonchev–Trinajstić information content (AvgIpc) is 2.52. The third-order valence-corrected chi connectivity index (χ3v) is 5.08. The van der Waals surface area contributed by atoms with E-state index in [0.29, 0.717) is 11.1 Å². The Hall–Kier alpha value is -2.18. The second kappa shape index (κ2) is 7.37. The molecule has 0 unspecified atom stereocenters. The van der Waals surface area contributed by atoms with Crippen molar-refractivity contribution < 1.29 is 13.2 Å². The highest BCUT2D eigenvalue weighted by Crippen LogP contribution is 2.18. The van der Waals surface area contributed by atoms with Gasteiger partial charge in [0, 0.05) is 17.6 Å². The van der Waals surface area contributed by atoms with Crippen molar-refractivity contribution >= 4 is 15.9 Å². The minimum atomic E-state index is -3.72. The third kappa shape index (κ3) is 5.41. The lowest BCUT2D eigenvalue weighted by Gasteiger charge is -2.21. The van der Waals surface area contributed by atoms with Crippen LogP contribution in [0, 0.1) is 6.92 Å². The number of amides is 1. The van der Waals surface area contributed by atoms with Crippen LogP contribution in [-0.4, -0.2) is 19.9 Å². The first-order valence-electron chi connectivity index (χ1n) is 8.05. The predicted octanol–water partition coefficient (Wildman–Crippen LogP) is 3.00. The Kier molecular flexibility index (Phi) is 5.65. The van der Waals surface area contributed by atoms with Crippen LogP contribution < -0.4 is 10.0 Å². The second-order valence-corrected chi connectivity index (χ2v) is 8.73. The molecular weight excluding hydrogens is 336 g/mol. The van der Waals surface area contributed by atoms with Crippen LogP contribution >= 0.6 is 0 Å². The summed E-state index contributed by atoms with van der Waals surface area (Å²) in [5.41, 5.74) is 1.38. The van der Waals surface area contributed by atoms with Crippen LogP contribution in [0.2, 0.25) is 0 Å². The van der Waals surface area contributed by atoms with Gasteiger partial charge in [0.25, 0.3) is 5.91 Å². The monoisotopic (exact) mass is 360 g/mol. The quantitative estimate of drug-likeness (QED) is 0.861. The van der Waals surface area contributed by atoms with Crippen LogP contribution in [0.3, 0.4) is 0 Å². The van der Waals surface area contributed by atoms with Crippen molar-refractivity contribution in [2.75, 3.05) is 0 Å². The topological polar surface area (TPSA) is 75.3 Å². The van der Waals surface area contributed by atoms with Gasteiger partial charge >= 0.3 is 0 Å². The first-order valence-corrected chi connectivity index (χ1v) is 9.53. The van der Waals surface area contributed by atoms with Gasteiger partial charge in [0.2, 0.25) is 10.0 Å². The molecule has 1 amide bonds. The Morgan fingerprint density at radius 3 is 2.28 bits per heavy atom. The predicted molar refractivity (Wildman–Crippen MR) is 98.9 cm³/mol. The van der Waals surface area contributed by atoms with E-state index in [-0.39, 0.29) is 17.3 Å². The molecular formula is C19H24N2O3S. The van der Waals surface area contributed by atoms with Crippen molar-refractivity contribution in [1.29, 1.82) is 0 Å². The summed E-state index contributed by atoms with van der Waals surface area (Å²) < 4.78 is 27.9. The van der Waals surface area contributed by atoms with E-state index in [2.05, 4.69) is 10.0 Å². The molecule has 0 spiro atoms. The van der Waals surface area contributed by atoms with Crippen molar-refractivity contribution in [3.63, 3.8) is 0 Å². The van der Waals surface area contributed by atoms with E-state index >= 15 is 0 Å². The van der Waals surface area contributed by atoms with E-state index in [1.165, 1.54) is 6.07 Å². The molecule has 5 nitrogen and oxygen atoms in total. The Balaban J connectivity index is 2.25. The molecule has 0 fully saturated rings. The standard InChI is InChI=1S/C19H24N2O3S/c1-14-10-11-16(18(22)21-19(2,3)4)12-17(14)25(23,24)20-13-15-8-6-5-7-9-15/h5-12,20H,13H2,1-4H3,(H,21,22). The molecule has 0 saturated heterocycles. The zero-order chi connectivity index (χ0) is 18.7. The third-order valence-electron chi connectivity index (χ3n) is 3.54. The fourth-order valence-corrected chi connectivity index (χ4v) is 3.58. The maximum Gasteiger partial charge on any atom is 0.251 e. The smallest absolute Gasteiger partial charge is 0.251 e. The van der Waals surface area contributed by atoms with Gasteiger partial charge in [-0.3, -0.25) is 4.79 Å². The van der Waals surface area contributed by atoms with Crippen LogP contribution in [0.1, 0.15) is 42.3 Å². The molecule has 0 atom stereocenters. The van der Waals surface area contributed by atoms with Gasteiger partial charge in [0.05, 0.1) is 4.90 Å². The first-order chi connectivity index (χ1) is 11.6. The summed E-state index contributed by atoms with van der Waals surface area (Å²) in [6, 6.07) is 14.0. The van der Waals surface area contributed by atoms with Gasteiger partial charge in [-0.2, -0.15) is 0 Å². The van der Waals surface area contributed by atoms with Crippen LogP contribution in [0.4, 0.5) is 0 Å². The fourth-order valence-electron chi connectivity index (χ4n) is 2.30. The van der Waals surface area contributed by atoms with E-state index in [1.54, 1.807) is 19.1 Å². The minimum Gasteiger partial charge on any atom is -0.347 e. The molecule has 134 valence electrons. The number of carbonyl (C=O) groups is 1. The lowest BCUT2D eigenvalue weighted by molar-refractivity contribution is 0.0919. The van der Waals surface area contributed by atoms with Crippen LogP contribution in [0.5, 0.6) is 0 Å². The van der Waals surface area contributed by atoms with Crippen molar-refractivity contribution in [3.05, 3.63) is 65.2 Å². The number of nitrogens with one attached hydrogen (secondary N) is 2.